The Morgan fingerprint density at radius 3 is 2.76 bits per heavy atom. The lowest BCUT2D eigenvalue weighted by Crippen LogP contribution is -2.08. The Morgan fingerprint density at radius 2 is 2.10 bits per heavy atom. The van der Waals surface area contributed by atoms with Crippen molar-refractivity contribution in [1.29, 1.82) is 0 Å². The second-order valence-electron chi connectivity index (χ2n) is 4.15. The first-order valence-corrected chi connectivity index (χ1v) is 7.00. The molecule has 110 valence electrons. The zero-order valence-electron chi connectivity index (χ0n) is 11.2. The Bertz CT molecular complexity index is 656. The van der Waals surface area contributed by atoms with Gasteiger partial charge in [0.2, 0.25) is 0 Å². The van der Waals surface area contributed by atoms with Crippen LogP contribution in [0, 0.1) is 5.82 Å². The van der Waals surface area contributed by atoms with Crippen molar-refractivity contribution < 1.29 is 18.7 Å². The van der Waals surface area contributed by atoms with E-state index >= 15 is 0 Å². The number of nitrogen functional groups attached to an aromatic ring is 1. The Kier molecular flexibility index (Phi) is 4.80. The summed E-state index contributed by atoms with van der Waals surface area (Å²) in [6.45, 7) is 1.96. The van der Waals surface area contributed by atoms with Crippen molar-refractivity contribution in [2.45, 2.75) is 6.92 Å². The van der Waals surface area contributed by atoms with Crippen LogP contribution in [0.1, 0.15) is 17.3 Å². The van der Waals surface area contributed by atoms with Crippen molar-refractivity contribution in [3.8, 4) is 11.5 Å². The third-order valence-corrected chi connectivity index (χ3v) is 3.08. The lowest BCUT2D eigenvalue weighted by molar-refractivity contribution is 0.0527. The van der Waals surface area contributed by atoms with Crippen molar-refractivity contribution in [3.63, 3.8) is 0 Å². The summed E-state index contributed by atoms with van der Waals surface area (Å²) in [6, 6.07) is 8.89. The average Bonchev–Trinajstić information content (AvgIpc) is 2.40. The largest absolute Gasteiger partial charge is 0.462 e. The molecule has 0 aromatic heterocycles. The third kappa shape index (κ3) is 3.72. The molecule has 0 fully saturated rings. The van der Waals surface area contributed by atoms with Gasteiger partial charge in [-0.25, -0.2) is 9.18 Å². The highest BCUT2D eigenvalue weighted by Crippen LogP contribution is 2.32. The number of esters is 1. The van der Waals surface area contributed by atoms with Gasteiger partial charge in [0.1, 0.15) is 11.6 Å². The molecule has 2 aromatic rings. The van der Waals surface area contributed by atoms with Crippen molar-refractivity contribution in [2.24, 2.45) is 0 Å². The lowest BCUT2D eigenvalue weighted by Gasteiger charge is -2.12. The molecule has 2 rings (SSSR count). The minimum absolute atomic E-state index is 0.149. The molecule has 0 aliphatic heterocycles. The molecule has 0 saturated heterocycles. The van der Waals surface area contributed by atoms with Gasteiger partial charge in [0, 0.05) is 10.5 Å². The van der Waals surface area contributed by atoms with Gasteiger partial charge in [-0.3, -0.25) is 0 Å². The minimum Gasteiger partial charge on any atom is -0.462 e. The quantitative estimate of drug-likeness (QED) is 0.662. The second kappa shape index (κ2) is 6.58. The SMILES string of the molecule is CCOC(=O)c1cccc(Oc2cc(F)cc(Br)c2)c1N. The van der Waals surface area contributed by atoms with E-state index in [9.17, 15) is 9.18 Å². The molecule has 0 aliphatic carbocycles. The van der Waals surface area contributed by atoms with E-state index in [1.165, 1.54) is 12.1 Å². The number of hydrogen-bond donors (Lipinski definition) is 1. The summed E-state index contributed by atoms with van der Waals surface area (Å²) in [5.41, 5.74) is 6.27. The average molecular weight is 354 g/mol. The molecule has 0 spiro atoms. The lowest BCUT2D eigenvalue weighted by atomic mass is 10.1. The highest BCUT2D eigenvalue weighted by molar-refractivity contribution is 9.10. The molecule has 0 heterocycles. The van der Waals surface area contributed by atoms with Crippen molar-refractivity contribution in [3.05, 3.63) is 52.3 Å². The number of nitrogens with two attached hydrogens (primary N) is 1. The summed E-state index contributed by atoms with van der Waals surface area (Å²) < 4.78 is 24.3. The zero-order chi connectivity index (χ0) is 15.4. The van der Waals surface area contributed by atoms with Crippen LogP contribution in [0.25, 0.3) is 0 Å². The summed E-state index contributed by atoms with van der Waals surface area (Å²) in [7, 11) is 0. The fraction of sp³-hybridized carbons (Fsp3) is 0.133. The molecule has 0 saturated carbocycles. The van der Waals surface area contributed by atoms with Gasteiger partial charge in [-0.15, -0.1) is 0 Å². The van der Waals surface area contributed by atoms with Crippen LogP contribution in [0.15, 0.2) is 40.9 Å². The fourth-order valence-corrected chi connectivity index (χ4v) is 2.18. The Labute approximate surface area is 129 Å². The first-order chi connectivity index (χ1) is 10.0. The molecule has 0 aliphatic rings. The first kappa shape index (κ1) is 15.3. The predicted octanol–water partition coefficient (Wildman–Crippen LogP) is 4.14. The molecule has 21 heavy (non-hydrogen) atoms. The molecule has 2 N–H and O–H groups in total. The summed E-state index contributed by atoms with van der Waals surface area (Å²) in [5.74, 6) is -0.437. The number of carbonyl (C=O) groups excluding carboxylic acids is 1. The third-order valence-electron chi connectivity index (χ3n) is 2.63. The van der Waals surface area contributed by atoms with Crippen molar-refractivity contribution in [2.75, 3.05) is 12.3 Å². The molecule has 2 aromatic carbocycles. The fourth-order valence-electron chi connectivity index (χ4n) is 1.73. The summed E-state index contributed by atoms with van der Waals surface area (Å²) >= 11 is 3.18. The van der Waals surface area contributed by atoms with Crippen LogP contribution in [0.2, 0.25) is 0 Å². The van der Waals surface area contributed by atoms with Gasteiger partial charge in [0.25, 0.3) is 0 Å². The maximum absolute atomic E-state index is 13.3. The maximum Gasteiger partial charge on any atom is 0.340 e. The monoisotopic (exact) mass is 353 g/mol. The number of ether oxygens (including phenoxy) is 2. The van der Waals surface area contributed by atoms with Gasteiger partial charge in [-0.1, -0.05) is 22.0 Å². The van der Waals surface area contributed by atoms with Gasteiger partial charge in [0.05, 0.1) is 17.9 Å². The van der Waals surface area contributed by atoms with E-state index < -0.39 is 11.8 Å². The van der Waals surface area contributed by atoms with Crippen LogP contribution in [0.5, 0.6) is 11.5 Å². The molecule has 0 unspecified atom stereocenters. The van der Waals surface area contributed by atoms with Crippen molar-refractivity contribution in [1.82, 2.24) is 0 Å². The molecule has 0 radical (unpaired) electrons. The van der Waals surface area contributed by atoms with Gasteiger partial charge >= 0.3 is 5.97 Å². The topological polar surface area (TPSA) is 61.5 Å². The first-order valence-electron chi connectivity index (χ1n) is 6.20. The van der Waals surface area contributed by atoms with E-state index in [2.05, 4.69) is 15.9 Å². The molecule has 6 heteroatoms. The van der Waals surface area contributed by atoms with Gasteiger partial charge < -0.3 is 15.2 Å². The van der Waals surface area contributed by atoms with Crippen LogP contribution < -0.4 is 10.5 Å². The van der Waals surface area contributed by atoms with Gasteiger partial charge in [-0.05, 0) is 31.2 Å². The molecule has 4 nitrogen and oxygen atoms in total. The zero-order valence-corrected chi connectivity index (χ0v) is 12.8. The Hall–Kier alpha value is -2.08. The van der Waals surface area contributed by atoms with E-state index in [0.717, 1.165) is 0 Å². The van der Waals surface area contributed by atoms with Crippen LogP contribution in [0.4, 0.5) is 10.1 Å². The highest BCUT2D eigenvalue weighted by Gasteiger charge is 2.15. The number of para-hydroxylation sites is 1. The number of carbonyl (C=O) groups is 1. The van der Waals surface area contributed by atoms with Crippen LogP contribution in [0.3, 0.4) is 0 Å². The second-order valence-corrected chi connectivity index (χ2v) is 5.06. The summed E-state index contributed by atoms with van der Waals surface area (Å²) in [6.07, 6.45) is 0. The Morgan fingerprint density at radius 1 is 1.33 bits per heavy atom. The number of anilines is 1. The predicted molar refractivity (Wildman–Crippen MR) is 81.0 cm³/mol. The van der Waals surface area contributed by atoms with Crippen LogP contribution >= 0.6 is 15.9 Å². The molecular weight excluding hydrogens is 341 g/mol. The smallest absolute Gasteiger partial charge is 0.340 e. The number of benzene rings is 2. The van der Waals surface area contributed by atoms with Gasteiger partial charge in [0.15, 0.2) is 5.75 Å². The van der Waals surface area contributed by atoms with E-state index in [1.54, 1.807) is 31.2 Å². The highest BCUT2D eigenvalue weighted by atomic mass is 79.9. The standard InChI is InChI=1S/C15H13BrFNO3/c1-2-20-15(19)12-4-3-5-13(14(12)18)21-11-7-9(16)6-10(17)8-11/h3-8H,2,18H2,1H3. The maximum atomic E-state index is 13.3. The van der Waals surface area contributed by atoms with E-state index in [1.807, 2.05) is 0 Å². The number of rotatable bonds is 4. The number of hydrogen-bond acceptors (Lipinski definition) is 4. The Balaban J connectivity index is 2.32. The van der Waals surface area contributed by atoms with E-state index in [0.29, 0.717) is 4.47 Å². The summed E-state index contributed by atoms with van der Waals surface area (Å²) in [5, 5.41) is 0. The number of halogens is 2. The van der Waals surface area contributed by atoms with E-state index in [-0.39, 0.29) is 29.4 Å². The summed E-state index contributed by atoms with van der Waals surface area (Å²) in [4.78, 5) is 11.8. The molecular formula is C15H13BrFNO3. The minimum atomic E-state index is -0.527. The normalized spacial score (nSPS) is 10.2. The van der Waals surface area contributed by atoms with Crippen LogP contribution in [-0.2, 0) is 4.74 Å². The van der Waals surface area contributed by atoms with Gasteiger partial charge in [-0.2, -0.15) is 0 Å². The van der Waals surface area contributed by atoms with Crippen LogP contribution in [-0.4, -0.2) is 12.6 Å². The molecule has 0 amide bonds. The van der Waals surface area contributed by atoms with Crippen molar-refractivity contribution >= 4 is 27.6 Å². The van der Waals surface area contributed by atoms with E-state index in [4.69, 9.17) is 15.2 Å². The molecule has 0 bridgehead atoms. The molecule has 0 atom stereocenters.